The summed E-state index contributed by atoms with van der Waals surface area (Å²) in [5.41, 5.74) is 0.994. The zero-order valence-corrected chi connectivity index (χ0v) is 14.0. The van der Waals surface area contributed by atoms with Crippen molar-refractivity contribution in [3.05, 3.63) is 34.3 Å². The molecule has 2 unspecified atom stereocenters. The molecule has 1 aliphatic rings. The first-order chi connectivity index (χ1) is 9.56. The van der Waals surface area contributed by atoms with E-state index in [1.54, 1.807) is 0 Å². The van der Waals surface area contributed by atoms with Crippen LogP contribution < -0.4 is 0 Å². The molecule has 4 heteroatoms. The molecule has 2 atom stereocenters. The van der Waals surface area contributed by atoms with Gasteiger partial charge in [0, 0.05) is 23.6 Å². The summed E-state index contributed by atoms with van der Waals surface area (Å²) in [5, 5.41) is 10.3. The van der Waals surface area contributed by atoms with Crippen molar-refractivity contribution in [1.82, 2.24) is 9.80 Å². The molecule has 1 heterocycles. The van der Waals surface area contributed by atoms with Crippen LogP contribution in [-0.2, 0) is 0 Å². The molecule has 0 spiro atoms. The van der Waals surface area contributed by atoms with Gasteiger partial charge in [0.05, 0.1) is 6.10 Å². The number of likely N-dealkylation sites (tertiary alicyclic amines) is 1. The summed E-state index contributed by atoms with van der Waals surface area (Å²) in [6.45, 7) is 3.29. The van der Waals surface area contributed by atoms with Gasteiger partial charge in [-0.15, -0.1) is 0 Å². The van der Waals surface area contributed by atoms with Crippen molar-refractivity contribution in [3.8, 4) is 0 Å². The maximum Gasteiger partial charge on any atom is 0.0802 e. The summed E-state index contributed by atoms with van der Waals surface area (Å²) >= 11 is 3.45. The third-order valence-electron chi connectivity index (χ3n) is 4.21. The highest BCUT2D eigenvalue weighted by atomic mass is 79.9. The summed E-state index contributed by atoms with van der Waals surface area (Å²) in [4.78, 5) is 4.80. The lowest BCUT2D eigenvalue weighted by atomic mass is 10.0. The average Bonchev–Trinajstić information content (AvgIpc) is 2.44. The fourth-order valence-electron chi connectivity index (χ4n) is 2.89. The predicted molar refractivity (Wildman–Crippen MR) is 86.9 cm³/mol. The van der Waals surface area contributed by atoms with Gasteiger partial charge in [0.2, 0.25) is 0 Å². The van der Waals surface area contributed by atoms with Gasteiger partial charge in [-0.2, -0.15) is 0 Å². The Labute approximate surface area is 130 Å². The van der Waals surface area contributed by atoms with Crippen molar-refractivity contribution < 1.29 is 5.11 Å². The second kappa shape index (κ2) is 7.55. The molecule has 112 valence electrons. The van der Waals surface area contributed by atoms with Crippen LogP contribution in [0.1, 0.15) is 30.9 Å². The molecule has 1 aromatic carbocycles. The predicted octanol–water partition coefficient (Wildman–Crippen LogP) is 2.90. The van der Waals surface area contributed by atoms with E-state index in [9.17, 15) is 5.11 Å². The molecule has 20 heavy (non-hydrogen) atoms. The maximum absolute atomic E-state index is 10.3. The molecular weight excluding hydrogens is 316 g/mol. The highest BCUT2D eigenvalue weighted by molar-refractivity contribution is 9.10. The number of likely N-dealkylation sites (N-methyl/N-ethyl adjacent to an activating group) is 2. The average molecular weight is 341 g/mol. The van der Waals surface area contributed by atoms with Crippen LogP contribution in [0.3, 0.4) is 0 Å². The summed E-state index contributed by atoms with van der Waals surface area (Å²) < 4.78 is 1.02. The topological polar surface area (TPSA) is 26.7 Å². The normalized spacial score (nSPS) is 22.1. The van der Waals surface area contributed by atoms with E-state index < -0.39 is 0 Å². The molecule has 0 aliphatic carbocycles. The van der Waals surface area contributed by atoms with Crippen LogP contribution in [0.5, 0.6) is 0 Å². The van der Waals surface area contributed by atoms with Crippen LogP contribution in [0.15, 0.2) is 28.7 Å². The number of hydrogen-bond donors (Lipinski definition) is 1. The third kappa shape index (κ3) is 4.55. The van der Waals surface area contributed by atoms with Crippen molar-refractivity contribution in [3.63, 3.8) is 0 Å². The number of aliphatic hydroxyl groups excluding tert-OH is 1. The molecule has 1 aromatic rings. The lowest BCUT2D eigenvalue weighted by Crippen LogP contribution is -2.45. The fraction of sp³-hybridized carbons (Fsp3) is 0.625. The van der Waals surface area contributed by atoms with Gasteiger partial charge in [0.1, 0.15) is 0 Å². The lowest BCUT2D eigenvalue weighted by Gasteiger charge is -2.36. The second-order valence-electron chi connectivity index (χ2n) is 5.90. The Morgan fingerprint density at radius 3 is 3.00 bits per heavy atom. The van der Waals surface area contributed by atoms with Crippen molar-refractivity contribution >= 4 is 15.9 Å². The molecule has 1 saturated heterocycles. The number of benzene rings is 1. The van der Waals surface area contributed by atoms with Crippen LogP contribution in [0.4, 0.5) is 0 Å². The Balaban J connectivity index is 1.82. The number of halogens is 1. The van der Waals surface area contributed by atoms with E-state index in [2.05, 4.69) is 39.8 Å². The highest BCUT2D eigenvalue weighted by Crippen LogP contribution is 2.22. The Kier molecular flexibility index (Phi) is 6.02. The van der Waals surface area contributed by atoms with E-state index in [1.807, 2.05) is 24.3 Å². The molecule has 3 nitrogen and oxygen atoms in total. The van der Waals surface area contributed by atoms with Gasteiger partial charge in [-0.3, -0.25) is 0 Å². The fourth-order valence-corrected chi connectivity index (χ4v) is 3.30. The minimum Gasteiger partial charge on any atom is -0.388 e. The Morgan fingerprint density at radius 2 is 2.30 bits per heavy atom. The first kappa shape index (κ1) is 16.0. The first-order valence-corrected chi connectivity index (χ1v) is 8.18. The molecule has 0 amide bonds. The van der Waals surface area contributed by atoms with E-state index in [1.165, 1.54) is 19.4 Å². The van der Waals surface area contributed by atoms with Gasteiger partial charge in [-0.05, 0) is 57.6 Å². The minimum atomic E-state index is -0.378. The smallest absolute Gasteiger partial charge is 0.0802 e. The molecule has 1 fully saturated rings. The first-order valence-electron chi connectivity index (χ1n) is 7.38. The van der Waals surface area contributed by atoms with E-state index in [0.29, 0.717) is 6.04 Å². The van der Waals surface area contributed by atoms with Crippen LogP contribution in [0.2, 0.25) is 0 Å². The molecule has 0 aromatic heterocycles. The van der Waals surface area contributed by atoms with Crippen molar-refractivity contribution in [2.75, 3.05) is 33.7 Å². The van der Waals surface area contributed by atoms with Crippen molar-refractivity contribution in [2.45, 2.75) is 31.4 Å². The van der Waals surface area contributed by atoms with Crippen LogP contribution >= 0.6 is 15.9 Å². The third-order valence-corrected chi connectivity index (χ3v) is 4.70. The molecule has 0 saturated carbocycles. The van der Waals surface area contributed by atoms with Gasteiger partial charge in [0.15, 0.2) is 0 Å². The number of rotatable bonds is 5. The lowest BCUT2D eigenvalue weighted by molar-refractivity contribution is 0.104. The van der Waals surface area contributed by atoms with Crippen molar-refractivity contribution in [2.24, 2.45) is 0 Å². The molecular formula is C16H25BrN2O. The molecule has 0 radical (unpaired) electrons. The highest BCUT2D eigenvalue weighted by Gasteiger charge is 2.21. The van der Waals surface area contributed by atoms with E-state index in [-0.39, 0.29) is 6.10 Å². The molecule has 1 aliphatic heterocycles. The quantitative estimate of drug-likeness (QED) is 0.892. The minimum absolute atomic E-state index is 0.378. The monoisotopic (exact) mass is 340 g/mol. The largest absolute Gasteiger partial charge is 0.388 e. The number of nitrogens with zero attached hydrogens (tertiary/aromatic N) is 2. The van der Waals surface area contributed by atoms with Gasteiger partial charge >= 0.3 is 0 Å². The summed E-state index contributed by atoms with van der Waals surface area (Å²) in [6, 6.07) is 8.58. The summed E-state index contributed by atoms with van der Waals surface area (Å²) in [7, 11) is 4.37. The second-order valence-corrected chi connectivity index (χ2v) is 6.81. The van der Waals surface area contributed by atoms with E-state index >= 15 is 0 Å². The zero-order chi connectivity index (χ0) is 14.5. The van der Waals surface area contributed by atoms with Gasteiger partial charge in [-0.25, -0.2) is 0 Å². The SMILES string of the molecule is CN1CCCC(N(C)CCC(O)c2cccc(Br)c2)C1. The molecule has 0 bridgehead atoms. The Bertz CT molecular complexity index is 427. The van der Waals surface area contributed by atoms with Gasteiger partial charge < -0.3 is 14.9 Å². The molecule has 1 N–H and O–H groups in total. The number of aliphatic hydroxyl groups is 1. The Morgan fingerprint density at radius 1 is 1.50 bits per heavy atom. The van der Waals surface area contributed by atoms with Gasteiger partial charge in [-0.1, -0.05) is 28.1 Å². The summed E-state index contributed by atoms with van der Waals surface area (Å²) in [6.07, 6.45) is 2.96. The maximum atomic E-state index is 10.3. The van der Waals surface area contributed by atoms with E-state index in [0.717, 1.165) is 29.5 Å². The summed E-state index contributed by atoms with van der Waals surface area (Å²) in [5.74, 6) is 0. The number of hydrogen-bond acceptors (Lipinski definition) is 3. The van der Waals surface area contributed by atoms with Crippen LogP contribution in [0, 0.1) is 0 Å². The van der Waals surface area contributed by atoms with Crippen LogP contribution in [0.25, 0.3) is 0 Å². The number of piperidine rings is 1. The van der Waals surface area contributed by atoms with Crippen LogP contribution in [-0.4, -0.2) is 54.7 Å². The van der Waals surface area contributed by atoms with E-state index in [4.69, 9.17) is 0 Å². The zero-order valence-electron chi connectivity index (χ0n) is 12.4. The Hall–Kier alpha value is -0.420. The molecule has 2 rings (SSSR count). The standard InChI is InChI=1S/C16H25BrN2O/c1-18-9-4-7-15(12-18)19(2)10-8-16(20)13-5-3-6-14(17)11-13/h3,5-6,11,15-16,20H,4,7-10,12H2,1-2H3. The van der Waals surface area contributed by atoms with Gasteiger partial charge in [0.25, 0.3) is 0 Å². The van der Waals surface area contributed by atoms with Crippen molar-refractivity contribution in [1.29, 1.82) is 0 Å².